The maximum atomic E-state index is 12.7. The lowest BCUT2D eigenvalue weighted by molar-refractivity contribution is -0.137. The van der Waals surface area contributed by atoms with E-state index in [2.05, 4.69) is 10.3 Å². The summed E-state index contributed by atoms with van der Waals surface area (Å²) in [5, 5.41) is 7.19. The molecule has 0 N–H and O–H groups in total. The van der Waals surface area contributed by atoms with E-state index in [1.54, 1.807) is 7.11 Å². The van der Waals surface area contributed by atoms with Gasteiger partial charge in [0.25, 0.3) is 0 Å². The Morgan fingerprint density at radius 1 is 1.37 bits per heavy atom. The van der Waals surface area contributed by atoms with Crippen molar-refractivity contribution < 1.29 is 17.9 Å². The minimum atomic E-state index is -4.49. The molecule has 0 saturated heterocycles. The van der Waals surface area contributed by atoms with E-state index in [-0.39, 0.29) is 10.5 Å². The van der Waals surface area contributed by atoms with Gasteiger partial charge in [-0.25, -0.2) is 4.68 Å². The van der Waals surface area contributed by atoms with Gasteiger partial charge in [-0.15, -0.1) is 5.10 Å². The SMILES string of the molecule is COCCCn1nnc2cc(C(F)(F)F)c(Cl)cc21. The van der Waals surface area contributed by atoms with E-state index in [4.69, 9.17) is 16.3 Å². The van der Waals surface area contributed by atoms with E-state index in [1.807, 2.05) is 0 Å². The van der Waals surface area contributed by atoms with Gasteiger partial charge in [0.1, 0.15) is 5.52 Å². The van der Waals surface area contributed by atoms with Gasteiger partial charge in [0, 0.05) is 20.3 Å². The van der Waals surface area contributed by atoms with Crippen LogP contribution in [-0.2, 0) is 17.5 Å². The summed E-state index contributed by atoms with van der Waals surface area (Å²) in [5.41, 5.74) is -0.242. The monoisotopic (exact) mass is 293 g/mol. The van der Waals surface area contributed by atoms with Crippen LogP contribution >= 0.6 is 11.6 Å². The van der Waals surface area contributed by atoms with E-state index in [0.717, 1.165) is 6.07 Å². The molecule has 2 rings (SSSR count). The minimum absolute atomic E-state index is 0.175. The number of ether oxygens (including phenoxy) is 1. The summed E-state index contributed by atoms with van der Waals surface area (Å²) in [4.78, 5) is 0. The third kappa shape index (κ3) is 2.98. The summed E-state index contributed by atoms with van der Waals surface area (Å²) in [6, 6.07) is 2.16. The molecule has 0 bridgehead atoms. The number of benzene rings is 1. The maximum Gasteiger partial charge on any atom is 0.417 e. The standard InChI is InChI=1S/C11H11ClF3N3O/c1-19-4-2-3-18-10-6-8(12)7(11(13,14)15)5-9(10)16-17-18/h5-6H,2-4H2,1H3. The second-order valence-electron chi connectivity index (χ2n) is 3.98. The normalized spacial score (nSPS) is 12.3. The number of fused-ring (bicyclic) bond motifs is 1. The molecule has 0 radical (unpaired) electrons. The number of rotatable bonds is 4. The van der Waals surface area contributed by atoms with Gasteiger partial charge in [0.05, 0.1) is 16.1 Å². The van der Waals surface area contributed by atoms with Crippen LogP contribution in [0.25, 0.3) is 11.0 Å². The molecule has 0 saturated carbocycles. The molecule has 4 nitrogen and oxygen atoms in total. The maximum absolute atomic E-state index is 12.7. The van der Waals surface area contributed by atoms with Gasteiger partial charge in [-0.05, 0) is 18.6 Å². The van der Waals surface area contributed by atoms with Crippen LogP contribution in [-0.4, -0.2) is 28.7 Å². The molecule has 0 aliphatic heterocycles. The van der Waals surface area contributed by atoms with Crippen molar-refractivity contribution in [2.45, 2.75) is 19.1 Å². The lowest BCUT2D eigenvalue weighted by Gasteiger charge is -2.09. The largest absolute Gasteiger partial charge is 0.417 e. The average molecular weight is 294 g/mol. The smallest absolute Gasteiger partial charge is 0.385 e. The predicted octanol–water partition coefficient (Wildman–Crippen LogP) is 3.14. The predicted molar refractivity (Wildman–Crippen MR) is 64.0 cm³/mol. The zero-order valence-corrected chi connectivity index (χ0v) is 10.8. The van der Waals surface area contributed by atoms with Crippen LogP contribution in [0.4, 0.5) is 13.2 Å². The van der Waals surface area contributed by atoms with Crippen molar-refractivity contribution in [2.75, 3.05) is 13.7 Å². The summed E-state index contributed by atoms with van der Waals surface area (Å²) >= 11 is 5.66. The molecule has 1 aromatic carbocycles. The average Bonchev–Trinajstić information content (AvgIpc) is 2.70. The first-order valence-electron chi connectivity index (χ1n) is 5.52. The van der Waals surface area contributed by atoms with Crippen molar-refractivity contribution in [1.29, 1.82) is 0 Å². The fourth-order valence-corrected chi connectivity index (χ4v) is 1.99. The van der Waals surface area contributed by atoms with Gasteiger partial charge >= 0.3 is 6.18 Å². The minimum Gasteiger partial charge on any atom is -0.385 e. The molecule has 0 aliphatic rings. The number of halogens is 4. The van der Waals surface area contributed by atoms with E-state index in [9.17, 15) is 13.2 Å². The number of nitrogens with zero attached hydrogens (tertiary/aromatic N) is 3. The van der Waals surface area contributed by atoms with E-state index in [0.29, 0.717) is 25.1 Å². The Hall–Kier alpha value is -1.34. The van der Waals surface area contributed by atoms with E-state index >= 15 is 0 Å². The van der Waals surface area contributed by atoms with Crippen LogP contribution in [0.2, 0.25) is 5.02 Å². The molecule has 0 amide bonds. The number of alkyl halides is 3. The Kier molecular flexibility index (Phi) is 3.96. The van der Waals surface area contributed by atoms with Gasteiger partial charge in [-0.3, -0.25) is 0 Å². The van der Waals surface area contributed by atoms with Crippen molar-refractivity contribution >= 4 is 22.6 Å². The fourth-order valence-electron chi connectivity index (χ4n) is 1.73. The topological polar surface area (TPSA) is 39.9 Å². The lowest BCUT2D eigenvalue weighted by atomic mass is 10.2. The Morgan fingerprint density at radius 2 is 2.11 bits per heavy atom. The molecule has 1 heterocycles. The molecule has 0 spiro atoms. The Morgan fingerprint density at radius 3 is 2.74 bits per heavy atom. The lowest BCUT2D eigenvalue weighted by Crippen LogP contribution is -2.06. The van der Waals surface area contributed by atoms with Crippen molar-refractivity contribution in [3.05, 3.63) is 22.7 Å². The number of hydrogen-bond donors (Lipinski definition) is 0. The van der Waals surface area contributed by atoms with Crippen LogP contribution in [0, 0.1) is 0 Å². The molecular formula is C11H11ClF3N3O. The van der Waals surface area contributed by atoms with Crippen molar-refractivity contribution in [1.82, 2.24) is 15.0 Å². The number of methoxy groups -OCH3 is 1. The van der Waals surface area contributed by atoms with Crippen LogP contribution in [0.15, 0.2) is 12.1 Å². The summed E-state index contributed by atoms with van der Waals surface area (Å²) < 4.78 is 44.4. The first-order chi connectivity index (χ1) is 8.93. The molecule has 0 fully saturated rings. The highest BCUT2D eigenvalue weighted by Gasteiger charge is 2.34. The third-order valence-electron chi connectivity index (χ3n) is 2.63. The second kappa shape index (κ2) is 5.34. The quantitative estimate of drug-likeness (QED) is 0.813. The first-order valence-corrected chi connectivity index (χ1v) is 5.90. The molecule has 8 heteroatoms. The summed E-state index contributed by atoms with van der Waals surface area (Å²) in [5.74, 6) is 0. The van der Waals surface area contributed by atoms with Crippen LogP contribution in [0.3, 0.4) is 0 Å². The summed E-state index contributed by atoms with van der Waals surface area (Å²) in [6.45, 7) is 1.04. The summed E-state index contributed by atoms with van der Waals surface area (Å²) in [6.07, 6.45) is -3.81. The highest BCUT2D eigenvalue weighted by atomic mass is 35.5. The zero-order chi connectivity index (χ0) is 14.0. The van der Waals surface area contributed by atoms with Gasteiger partial charge in [-0.2, -0.15) is 13.2 Å². The van der Waals surface area contributed by atoms with Crippen molar-refractivity contribution in [3.63, 3.8) is 0 Å². The molecule has 19 heavy (non-hydrogen) atoms. The molecule has 1 aromatic heterocycles. The van der Waals surface area contributed by atoms with E-state index < -0.39 is 11.7 Å². The molecule has 2 aromatic rings. The van der Waals surface area contributed by atoms with Gasteiger partial charge in [0.15, 0.2) is 0 Å². The Labute approximate surface area is 112 Å². The fraction of sp³-hybridized carbons (Fsp3) is 0.455. The second-order valence-corrected chi connectivity index (χ2v) is 4.38. The number of aromatic nitrogens is 3. The van der Waals surface area contributed by atoms with Crippen molar-refractivity contribution in [3.8, 4) is 0 Å². The Balaban J connectivity index is 2.37. The third-order valence-corrected chi connectivity index (χ3v) is 2.94. The molecular weight excluding hydrogens is 283 g/mol. The number of aryl methyl sites for hydroxylation is 1. The molecule has 0 aliphatic carbocycles. The first kappa shape index (κ1) is 14.1. The van der Waals surface area contributed by atoms with Crippen molar-refractivity contribution in [2.24, 2.45) is 0 Å². The zero-order valence-electron chi connectivity index (χ0n) is 10.0. The van der Waals surface area contributed by atoms with Crippen LogP contribution in [0.5, 0.6) is 0 Å². The van der Waals surface area contributed by atoms with Gasteiger partial charge < -0.3 is 4.74 Å². The summed E-state index contributed by atoms with van der Waals surface area (Å²) in [7, 11) is 1.58. The Bertz CT molecular complexity index is 582. The van der Waals surface area contributed by atoms with Crippen LogP contribution < -0.4 is 0 Å². The van der Waals surface area contributed by atoms with Gasteiger partial charge in [-0.1, -0.05) is 16.8 Å². The van der Waals surface area contributed by atoms with Crippen LogP contribution in [0.1, 0.15) is 12.0 Å². The molecule has 0 unspecified atom stereocenters. The highest BCUT2D eigenvalue weighted by Crippen LogP contribution is 2.36. The number of hydrogen-bond acceptors (Lipinski definition) is 3. The highest BCUT2D eigenvalue weighted by molar-refractivity contribution is 6.32. The van der Waals surface area contributed by atoms with E-state index in [1.165, 1.54) is 10.7 Å². The molecule has 104 valence electrons. The van der Waals surface area contributed by atoms with Gasteiger partial charge in [0.2, 0.25) is 0 Å². The molecule has 0 atom stereocenters.